The fourth-order valence-corrected chi connectivity index (χ4v) is 0. The molecule has 0 saturated carbocycles. The first kappa shape index (κ1) is 10.8. The van der Waals surface area contributed by atoms with Crippen molar-refractivity contribution in [1.82, 2.24) is 0 Å². The summed E-state index contributed by atoms with van der Waals surface area (Å²) in [6, 6.07) is 0. The summed E-state index contributed by atoms with van der Waals surface area (Å²) in [5, 5.41) is 30.7. The van der Waals surface area contributed by atoms with Gasteiger partial charge in [0.2, 0.25) is 12.6 Å². The monoisotopic (exact) mass is 124 g/mol. The van der Waals surface area contributed by atoms with Gasteiger partial charge in [-0.2, -0.15) is 0 Å². The molecule has 0 heterocycles. The first-order chi connectivity index (χ1) is 3.64. The van der Waals surface area contributed by atoms with Crippen LogP contribution in [0.1, 0.15) is 13.8 Å². The molecule has 0 aliphatic heterocycles. The molecule has 0 amide bonds. The summed E-state index contributed by atoms with van der Waals surface area (Å²) in [5.74, 6) is 0. The van der Waals surface area contributed by atoms with Crippen LogP contribution in [0.5, 0.6) is 0 Å². The largest absolute Gasteiger partial charge is 0.364 e. The molecule has 8 heavy (non-hydrogen) atoms. The van der Waals surface area contributed by atoms with Crippen LogP contribution in [-0.4, -0.2) is 33.0 Å². The summed E-state index contributed by atoms with van der Waals surface area (Å²) in [4.78, 5) is 0. The zero-order chi connectivity index (χ0) is 7.15. The lowest BCUT2D eigenvalue weighted by molar-refractivity contribution is -0.207. The smallest absolute Gasteiger partial charge is 0.204 e. The van der Waals surface area contributed by atoms with Gasteiger partial charge in [-0.25, -0.2) is 0 Å². The highest BCUT2D eigenvalue weighted by Crippen LogP contribution is 1.77. The molecular formula is C4H12O4. The number of aliphatic hydroxyl groups excluding tert-OH is 2. The van der Waals surface area contributed by atoms with Gasteiger partial charge in [-0.05, 0) is 0 Å². The highest BCUT2D eigenvalue weighted by Gasteiger charge is 2.04. The number of aliphatic hydroxyl groups is 4. The molecule has 0 fully saturated rings. The van der Waals surface area contributed by atoms with Crippen molar-refractivity contribution in [3.05, 3.63) is 0 Å². The van der Waals surface area contributed by atoms with E-state index in [1.54, 1.807) is 0 Å². The third-order valence-electron chi connectivity index (χ3n) is 0.267. The van der Waals surface area contributed by atoms with Gasteiger partial charge in [0, 0.05) is 0 Å². The van der Waals surface area contributed by atoms with E-state index in [4.69, 9.17) is 20.4 Å². The zero-order valence-electron chi connectivity index (χ0n) is 4.94. The second-order valence-corrected chi connectivity index (χ2v) is 0.827. The Morgan fingerprint density at radius 3 is 0.875 bits per heavy atom. The van der Waals surface area contributed by atoms with Crippen LogP contribution in [-0.2, 0) is 0 Å². The Bertz CT molecular complexity index is 29.0. The minimum atomic E-state index is -2.04. The summed E-state index contributed by atoms with van der Waals surface area (Å²) in [5.41, 5.74) is 0. The molecule has 4 N–H and O–H groups in total. The Kier molecular flexibility index (Phi) is 9.20. The van der Waals surface area contributed by atoms with Crippen LogP contribution in [0.3, 0.4) is 0 Å². The number of hydrogen-bond donors (Lipinski definition) is 4. The van der Waals surface area contributed by atoms with Gasteiger partial charge >= 0.3 is 0 Å². The van der Waals surface area contributed by atoms with Crippen molar-refractivity contribution < 1.29 is 20.4 Å². The molecule has 0 aromatic rings. The summed E-state index contributed by atoms with van der Waals surface area (Å²) in [6.45, 7) is 4.00. The fraction of sp³-hybridized carbons (Fsp3) is 1.00. The summed E-state index contributed by atoms with van der Waals surface area (Å²) in [6.07, 6.45) is -4.07. The molecule has 0 spiro atoms. The number of rotatable bonds is 1. The van der Waals surface area contributed by atoms with Crippen LogP contribution in [0.4, 0.5) is 0 Å². The van der Waals surface area contributed by atoms with Gasteiger partial charge in [-0.1, -0.05) is 13.8 Å². The Labute approximate surface area is 48.0 Å². The first-order valence-corrected chi connectivity index (χ1v) is 2.37. The van der Waals surface area contributed by atoms with Gasteiger partial charge < -0.3 is 20.4 Å². The molecular weight excluding hydrogens is 112 g/mol. The number of hydrogen-bond acceptors (Lipinski definition) is 4. The van der Waals surface area contributed by atoms with E-state index in [9.17, 15) is 0 Å². The molecule has 0 radical (unpaired) electrons. The van der Waals surface area contributed by atoms with E-state index in [0.717, 1.165) is 0 Å². The lowest BCUT2D eigenvalue weighted by Gasteiger charge is -2.01. The highest BCUT2D eigenvalue weighted by molar-refractivity contribution is 4.31. The maximum Gasteiger partial charge on any atom is 0.204 e. The second-order valence-electron chi connectivity index (χ2n) is 0.827. The Hall–Kier alpha value is -0.160. The average Bonchev–Trinajstić information content (AvgIpc) is 1.72. The lowest BCUT2D eigenvalue weighted by Crippen LogP contribution is -2.23. The Morgan fingerprint density at radius 2 is 0.875 bits per heavy atom. The van der Waals surface area contributed by atoms with Crippen molar-refractivity contribution in [3.63, 3.8) is 0 Å². The molecule has 52 valence electrons. The van der Waals surface area contributed by atoms with Crippen LogP contribution in [0.25, 0.3) is 0 Å². The van der Waals surface area contributed by atoms with Crippen molar-refractivity contribution in [3.8, 4) is 0 Å². The van der Waals surface area contributed by atoms with E-state index >= 15 is 0 Å². The van der Waals surface area contributed by atoms with Crippen molar-refractivity contribution in [2.24, 2.45) is 0 Å². The maximum absolute atomic E-state index is 7.69. The van der Waals surface area contributed by atoms with Crippen LogP contribution >= 0.6 is 0 Å². The standard InChI is InChI=1S/C2H6O4.C2H6/c3-1(4)2(5)6;1-2/h1-6H;1-2H3. The molecule has 0 aromatic carbocycles. The van der Waals surface area contributed by atoms with E-state index in [0.29, 0.717) is 0 Å². The molecule has 0 aliphatic carbocycles. The van der Waals surface area contributed by atoms with E-state index < -0.39 is 12.6 Å². The summed E-state index contributed by atoms with van der Waals surface area (Å²) < 4.78 is 0. The molecule has 4 heteroatoms. The minimum absolute atomic E-state index is 2.00. The molecule has 0 atom stereocenters. The minimum Gasteiger partial charge on any atom is -0.364 e. The lowest BCUT2D eigenvalue weighted by atomic mass is 10.6. The van der Waals surface area contributed by atoms with E-state index in [2.05, 4.69) is 0 Å². The van der Waals surface area contributed by atoms with Crippen molar-refractivity contribution in [2.75, 3.05) is 0 Å². The van der Waals surface area contributed by atoms with Crippen LogP contribution in [0, 0.1) is 0 Å². The third kappa shape index (κ3) is 9.28. The van der Waals surface area contributed by atoms with Crippen LogP contribution < -0.4 is 0 Å². The molecule has 0 rings (SSSR count). The summed E-state index contributed by atoms with van der Waals surface area (Å²) >= 11 is 0. The molecule has 0 aliphatic rings. The SMILES string of the molecule is CC.OC(O)C(O)O. The van der Waals surface area contributed by atoms with Crippen LogP contribution in [0.2, 0.25) is 0 Å². The molecule has 0 unspecified atom stereocenters. The molecule has 0 aromatic heterocycles. The van der Waals surface area contributed by atoms with E-state index in [-0.39, 0.29) is 0 Å². The van der Waals surface area contributed by atoms with Crippen LogP contribution in [0.15, 0.2) is 0 Å². The van der Waals surface area contributed by atoms with Crippen molar-refractivity contribution in [2.45, 2.75) is 26.4 Å². The average molecular weight is 124 g/mol. The molecule has 0 bridgehead atoms. The van der Waals surface area contributed by atoms with Gasteiger partial charge in [0.25, 0.3) is 0 Å². The Balaban J connectivity index is 0. The van der Waals surface area contributed by atoms with Gasteiger partial charge in [0.05, 0.1) is 0 Å². The predicted molar refractivity (Wildman–Crippen MR) is 27.8 cm³/mol. The normalized spacial score (nSPS) is 9.00. The van der Waals surface area contributed by atoms with Crippen molar-refractivity contribution in [1.29, 1.82) is 0 Å². The third-order valence-corrected chi connectivity index (χ3v) is 0.267. The highest BCUT2D eigenvalue weighted by atomic mass is 16.6. The zero-order valence-corrected chi connectivity index (χ0v) is 4.94. The van der Waals surface area contributed by atoms with E-state index in [1.165, 1.54) is 0 Å². The van der Waals surface area contributed by atoms with E-state index in [1.807, 2.05) is 13.8 Å². The topological polar surface area (TPSA) is 80.9 Å². The molecule has 0 saturated heterocycles. The molecule has 4 nitrogen and oxygen atoms in total. The predicted octanol–water partition coefficient (Wildman–Crippen LogP) is -1.37. The fourth-order valence-electron chi connectivity index (χ4n) is 0. The van der Waals surface area contributed by atoms with Gasteiger partial charge in [0.1, 0.15) is 0 Å². The van der Waals surface area contributed by atoms with Gasteiger partial charge in [-0.15, -0.1) is 0 Å². The summed E-state index contributed by atoms with van der Waals surface area (Å²) in [7, 11) is 0. The van der Waals surface area contributed by atoms with Gasteiger partial charge in [-0.3, -0.25) is 0 Å². The first-order valence-electron chi connectivity index (χ1n) is 2.37. The second kappa shape index (κ2) is 6.84. The Morgan fingerprint density at radius 1 is 0.750 bits per heavy atom. The van der Waals surface area contributed by atoms with Crippen molar-refractivity contribution >= 4 is 0 Å². The van der Waals surface area contributed by atoms with Gasteiger partial charge in [0.15, 0.2) is 0 Å². The maximum atomic E-state index is 7.69. The quantitative estimate of drug-likeness (QED) is 0.325.